The van der Waals surface area contributed by atoms with Crippen LogP contribution >= 0.6 is 0 Å². The molecule has 2 atom stereocenters. The van der Waals surface area contributed by atoms with Gasteiger partial charge in [-0.15, -0.1) is 0 Å². The normalized spacial score (nSPS) is 26.4. The SMILES string of the molecule is CC1(C)Oc2ccc(C(F)(F)F)cc2C(O)C1N. The van der Waals surface area contributed by atoms with Crippen molar-refractivity contribution in [2.75, 3.05) is 0 Å². The minimum absolute atomic E-state index is 0.0802. The van der Waals surface area contributed by atoms with E-state index in [4.69, 9.17) is 10.5 Å². The maximum atomic E-state index is 12.6. The fraction of sp³-hybridized carbons (Fsp3) is 0.500. The first-order valence-corrected chi connectivity index (χ1v) is 5.47. The quantitative estimate of drug-likeness (QED) is 0.753. The summed E-state index contributed by atoms with van der Waals surface area (Å²) in [6.45, 7) is 3.36. The lowest BCUT2D eigenvalue weighted by Crippen LogP contribution is -2.54. The van der Waals surface area contributed by atoms with E-state index in [0.717, 1.165) is 12.1 Å². The number of nitrogens with two attached hydrogens (primary N) is 1. The molecule has 3 N–H and O–H groups in total. The maximum absolute atomic E-state index is 12.6. The number of hydrogen-bond donors (Lipinski definition) is 2. The molecule has 1 aromatic rings. The number of rotatable bonds is 0. The van der Waals surface area contributed by atoms with E-state index in [9.17, 15) is 18.3 Å². The van der Waals surface area contributed by atoms with Crippen LogP contribution in [-0.4, -0.2) is 16.7 Å². The van der Waals surface area contributed by atoms with Crippen LogP contribution in [0.1, 0.15) is 31.1 Å². The summed E-state index contributed by atoms with van der Waals surface area (Å²) in [7, 11) is 0. The lowest BCUT2D eigenvalue weighted by Gasteiger charge is -2.41. The van der Waals surface area contributed by atoms with E-state index in [1.165, 1.54) is 6.07 Å². The van der Waals surface area contributed by atoms with Crippen molar-refractivity contribution in [2.45, 2.75) is 37.8 Å². The molecule has 0 fully saturated rings. The Bertz CT molecular complexity index is 471. The Morgan fingerprint density at radius 2 is 1.94 bits per heavy atom. The highest BCUT2D eigenvalue weighted by Crippen LogP contribution is 2.41. The highest BCUT2D eigenvalue weighted by molar-refractivity contribution is 5.43. The molecule has 0 spiro atoms. The third-order valence-corrected chi connectivity index (χ3v) is 3.17. The van der Waals surface area contributed by atoms with Gasteiger partial charge in [-0.1, -0.05) is 0 Å². The van der Waals surface area contributed by atoms with Gasteiger partial charge in [0.2, 0.25) is 0 Å². The molecule has 1 heterocycles. The predicted molar refractivity (Wildman–Crippen MR) is 59.1 cm³/mol. The number of halogens is 3. The standard InChI is InChI=1S/C12H14F3NO2/c1-11(2)10(16)9(17)7-5-6(12(13,14)15)3-4-8(7)18-11/h3-5,9-10,17H,16H2,1-2H3. The van der Waals surface area contributed by atoms with Crippen LogP contribution < -0.4 is 10.5 Å². The summed E-state index contributed by atoms with van der Waals surface area (Å²) in [5.74, 6) is 0.238. The van der Waals surface area contributed by atoms with Crippen molar-refractivity contribution in [1.82, 2.24) is 0 Å². The Morgan fingerprint density at radius 1 is 1.33 bits per heavy atom. The van der Waals surface area contributed by atoms with Gasteiger partial charge in [-0.25, -0.2) is 0 Å². The molecule has 2 rings (SSSR count). The molecule has 0 radical (unpaired) electrons. The number of fused-ring (bicyclic) bond motifs is 1. The Balaban J connectivity index is 2.49. The van der Waals surface area contributed by atoms with Gasteiger partial charge in [0, 0.05) is 5.56 Å². The number of aliphatic hydroxyl groups is 1. The van der Waals surface area contributed by atoms with Gasteiger partial charge in [0.15, 0.2) is 0 Å². The lowest BCUT2D eigenvalue weighted by atomic mass is 9.86. The molecule has 1 aliphatic heterocycles. The van der Waals surface area contributed by atoms with Crippen molar-refractivity contribution in [3.63, 3.8) is 0 Å². The summed E-state index contributed by atoms with van der Waals surface area (Å²) < 4.78 is 43.3. The molecule has 3 nitrogen and oxygen atoms in total. The van der Waals surface area contributed by atoms with E-state index < -0.39 is 29.5 Å². The van der Waals surface area contributed by atoms with Crippen molar-refractivity contribution < 1.29 is 23.0 Å². The molecule has 6 heteroatoms. The molecule has 18 heavy (non-hydrogen) atoms. The van der Waals surface area contributed by atoms with Gasteiger partial charge in [0.25, 0.3) is 0 Å². The van der Waals surface area contributed by atoms with Crippen LogP contribution in [0.5, 0.6) is 5.75 Å². The van der Waals surface area contributed by atoms with Crippen LogP contribution in [0.2, 0.25) is 0 Å². The molecule has 1 aliphatic rings. The monoisotopic (exact) mass is 261 g/mol. The van der Waals surface area contributed by atoms with Crippen molar-refractivity contribution >= 4 is 0 Å². The average molecular weight is 261 g/mol. The summed E-state index contributed by atoms with van der Waals surface area (Å²) in [5.41, 5.74) is 4.20. The minimum atomic E-state index is -4.45. The molecule has 2 unspecified atom stereocenters. The predicted octanol–water partition coefficient (Wildman–Crippen LogP) is 2.24. The summed E-state index contributed by atoms with van der Waals surface area (Å²) in [4.78, 5) is 0. The molecule has 100 valence electrons. The van der Waals surface area contributed by atoms with Gasteiger partial charge in [-0.05, 0) is 32.0 Å². The second-order valence-electron chi connectivity index (χ2n) is 4.93. The summed E-state index contributed by atoms with van der Waals surface area (Å²) >= 11 is 0. The molecule has 0 saturated heterocycles. The second-order valence-corrected chi connectivity index (χ2v) is 4.93. The summed E-state index contributed by atoms with van der Waals surface area (Å²) in [6, 6.07) is 2.25. The number of benzene rings is 1. The number of hydrogen-bond acceptors (Lipinski definition) is 3. The zero-order chi connectivity index (χ0) is 13.7. The third kappa shape index (κ3) is 2.06. The molecular weight excluding hydrogens is 247 g/mol. The van der Waals surface area contributed by atoms with Gasteiger partial charge in [0.1, 0.15) is 17.5 Å². The Labute approximate surface area is 102 Å². The molecular formula is C12H14F3NO2. The van der Waals surface area contributed by atoms with Gasteiger partial charge in [-0.3, -0.25) is 0 Å². The zero-order valence-electron chi connectivity index (χ0n) is 9.95. The Hall–Kier alpha value is -1.27. The smallest absolute Gasteiger partial charge is 0.416 e. The van der Waals surface area contributed by atoms with Crippen LogP contribution in [0.25, 0.3) is 0 Å². The van der Waals surface area contributed by atoms with Crippen molar-refractivity contribution in [3.05, 3.63) is 29.3 Å². The van der Waals surface area contributed by atoms with Crippen molar-refractivity contribution in [1.29, 1.82) is 0 Å². The van der Waals surface area contributed by atoms with Crippen LogP contribution in [0.15, 0.2) is 18.2 Å². The summed E-state index contributed by atoms with van der Waals surface area (Å²) in [5, 5.41) is 9.98. The highest BCUT2D eigenvalue weighted by Gasteiger charge is 2.42. The fourth-order valence-corrected chi connectivity index (χ4v) is 1.97. The van der Waals surface area contributed by atoms with Gasteiger partial charge >= 0.3 is 6.18 Å². The lowest BCUT2D eigenvalue weighted by molar-refractivity contribution is -0.137. The minimum Gasteiger partial charge on any atom is -0.486 e. The number of ether oxygens (including phenoxy) is 1. The molecule has 0 aliphatic carbocycles. The van der Waals surface area contributed by atoms with E-state index >= 15 is 0 Å². The summed E-state index contributed by atoms with van der Waals surface area (Å²) in [6.07, 6.45) is -5.63. The Morgan fingerprint density at radius 3 is 2.50 bits per heavy atom. The van der Waals surface area contributed by atoms with Crippen LogP contribution in [0, 0.1) is 0 Å². The first-order chi connectivity index (χ1) is 8.13. The van der Waals surface area contributed by atoms with Gasteiger partial charge < -0.3 is 15.6 Å². The van der Waals surface area contributed by atoms with Gasteiger partial charge in [-0.2, -0.15) is 13.2 Å². The third-order valence-electron chi connectivity index (χ3n) is 3.17. The fourth-order valence-electron chi connectivity index (χ4n) is 1.97. The molecule has 1 aromatic carbocycles. The molecule has 0 bridgehead atoms. The largest absolute Gasteiger partial charge is 0.486 e. The highest BCUT2D eigenvalue weighted by atomic mass is 19.4. The second kappa shape index (κ2) is 3.86. The number of aliphatic hydroxyl groups excluding tert-OH is 1. The average Bonchev–Trinajstić information content (AvgIpc) is 2.24. The Kier molecular flexibility index (Phi) is 2.82. The van der Waals surface area contributed by atoms with Gasteiger partial charge in [0.05, 0.1) is 11.6 Å². The van der Waals surface area contributed by atoms with E-state index in [1.54, 1.807) is 13.8 Å². The van der Waals surface area contributed by atoms with Crippen LogP contribution in [0.3, 0.4) is 0 Å². The zero-order valence-corrected chi connectivity index (χ0v) is 9.95. The molecule has 0 aromatic heterocycles. The van der Waals surface area contributed by atoms with E-state index in [1.807, 2.05) is 0 Å². The number of alkyl halides is 3. The molecule has 0 saturated carbocycles. The van der Waals surface area contributed by atoms with E-state index in [-0.39, 0.29) is 11.3 Å². The van der Waals surface area contributed by atoms with Crippen LogP contribution in [0.4, 0.5) is 13.2 Å². The van der Waals surface area contributed by atoms with E-state index in [0.29, 0.717) is 0 Å². The maximum Gasteiger partial charge on any atom is 0.416 e. The first-order valence-electron chi connectivity index (χ1n) is 5.47. The van der Waals surface area contributed by atoms with Crippen molar-refractivity contribution in [2.24, 2.45) is 5.73 Å². The van der Waals surface area contributed by atoms with Crippen LogP contribution in [-0.2, 0) is 6.18 Å². The van der Waals surface area contributed by atoms with E-state index in [2.05, 4.69) is 0 Å². The molecule has 0 amide bonds. The van der Waals surface area contributed by atoms with Crippen molar-refractivity contribution in [3.8, 4) is 5.75 Å². The first kappa shape index (κ1) is 13.2. The topological polar surface area (TPSA) is 55.5 Å².